The molecule has 0 aliphatic rings. The highest BCUT2D eigenvalue weighted by Crippen LogP contribution is 2.23. The molecule has 76 valence electrons. The molecular weight excluding hydrogens is 225 g/mol. The molecule has 1 atom stereocenters. The average Bonchev–Trinajstić information content (AvgIpc) is 2.02. The van der Waals surface area contributed by atoms with E-state index in [4.69, 9.17) is 28.3 Å². The number of carboxylic acids is 1. The maximum absolute atomic E-state index is 10.8. The lowest BCUT2D eigenvalue weighted by molar-refractivity contribution is -0.139. The van der Waals surface area contributed by atoms with Crippen LogP contribution in [0, 0.1) is 0 Å². The average molecular weight is 234 g/mol. The summed E-state index contributed by atoms with van der Waals surface area (Å²) >= 11 is 11.5. The maximum Gasteiger partial charge on any atom is 0.325 e. The standard InChI is InChI=1S/C9H9Cl2NO2/c1-12-8(9(13)14)5-2-6(10)4-7(11)3-5/h2-4,8,12H,1H3,(H,13,14)/t8-/m1/s1. The fourth-order valence-corrected chi connectivity index (χ4v) is 1.72. The zero-order chi connectivity index (χ0) is 10.7. The van der Waals surface area contributed by atoms with Gasteiger partial charge in [0.1, 0.15) is 6.04 Å². The van der Waals surface area contributed by atoms with Crippen molar-refractivity contribution in [3.8, 4) is 0 Å². The van der Waals surface area contributed by atoms with Gasteiger partial charge in [-0.3, -0.25) is 4.79 Å². The molecule has 5 heteroatoms. The third-order valence-electron chi connectivity index (χ3n) is 1.75. The van der Waals surface area contributed by atoms with Crippen LogP contribution in [0.5, 0.6) is 0 Å². The molecule has 0 aromatic heterocycles. The number of carboxylic acid groups (broad SMARTS) is 1. The third kappa shape index (κ3) is 2.61. The predicted molar refractivity (Wildman–Crippen MR) is 55.9 cm³/mol. The van der Waals surface area contributed by atoms with Gasteiger partial charge >= 0.3 is 5.97 Å². The Bertz CT molecular complexity index is 334. The number of likely N-dealkylation sites (N-methyl/N-ethyl adjacent to an activating group) is 1. The highest BCUT2D eigenvalue weighted by Gasteiger charge is 2.17. The number of halogens is 2. The lowest BCUT2D eigenvalue weighted by Crippen LogP contribution is -2.24. The van der Waals surface area contributed by atoms with Gasteiger partial charge < -0.3 is 10.4 Å². The molecule has 0 aliphatic heterocycles. The van der Waals surface area contributed by atoms with Crippen molar-refractivity contribution in [1.29, 1.82) is 0 Å². The fraction of sp³-hybridized carbons (Fsp3) is 0.222. The lowest BCUT2D eigenvalue weighted by atomic mass is 10.1. The Morgan fingerprint density at radius 3 is 2.21 bits per heavy atom. The van der Waals surface area contributed by atoms with Crippen molar-refractivity contribution < 1.29 is 9.90 Å². The molecule has 0 saturated carbocycles. The minimum Gasteiger partial charge on any atom is -0.480 e. The van der Waals surface area contributed by atoms with Crippen LogP contribution in [-0.4, -0.2) is 18.1 Å². The molecule has 0 radical (unpaired) electrons. The quantitative estimate of drug-likeness (QED) is 0.843. The Morgan fingerprint density at radius 1 is 1.36 bits per heavy atom. The largest absolute Gasteiger partial charge is 0.480 e. The van der Waals surface area contributed by atoms with Gasteiger partial charge in [0.15, 0.2) is 0 Å². The van der Waals surface area contributed by atoms with E-state index in [9.17, 15) is 4.79 Å². The zero-order valence-corrected chi connectivity index (χ0v) is 8.93. The SMILES string of the molecule is CN[C@@H](C(=O)O)c1cc(Cl)cc(Cl)c1. The van der Waals surface area contributed by atoms with Crippen molar-refractivity contribution >= 4 is 29.2 Å². The van der Waals surface area contributed by atoms with Crippen LogP contribution >= 0.6 is 23.2 Å². The van der Waals surface area contributed by atoms with Gasteiger partial charge in [-0.1, -0.05) is 23.2 Å². The van der Waals surface area contributed by atoms with Gasteiger partial charge in [0.25, 0.3) is 0 Å². The second kappa shape index (κ2) is 4.64. The fourth-order valence-electron chi connectivity index (χ4n) is 1.17. The van der Waals surface area contributed by atoms with Gasteiger partial charge in [0.05, 0.1) is 0 Å². The monoisotopic (exact) mass is 233 g/mol. The molecular formula is C9H9Cl2NO2. The number of hydrogen-bond donors (Lipinski definition) is 2. The second-order valence-electron chi connectivity index (χ2n) is 2.76. The van der Waals surface area contributed by atoms with Crippen LogP contribution in [0.2, 0.25) is 10.0 Å². The first kappa shape index (κ1) is 11.3. The normalized spacial score (nSPS) is 12.5. The van der Waals surface area contributed by atoms with Crippen molar-refractivity contribution in [2.75, 3.05) is 7.05 Å². The summed E-state index contributed by atoms with van der Waals surface area (Å²) in [6.45, 7) is 0. The highest BCUT2D eigenvalue weighted by atomic mass is 35.5. The van der Waals surface area contributed by atoms with Crippen molar-refractivity contribution in [3.63, 3.8) is 0 Å². The van der Waals surface area contributed by atoms with Gasteiger partial charge in [0.2, 0.25) is 0 Å². The summed E-state index contributed by atoms with van der Waals surface area (Å²) in [5.74, 6) is -0.967. The molecule has 1 rings (SSSR count). The second-order valence-corrected chi connectivity index (χ2v) is 3.64. The van der Waals surface area contributed by atoms with E-state index in [1.165, 1.54) is 0 Å². The van der Waals surface area contributed by atoms with Crippen molar-refractivity contribution in [2.24, 2.45) is 0 Å². The van der Waals surface area contributed by atoms with Gasteiger partial charge in [0, 0.05) is 10.0 Å². The summed E-state index contributed by atoms with van der Waals surface area (Å²) in [4.78, 5) is 10.8. The van der Waals surface area contributed by atoms with Crippen LogP contribution in [0.3, 0.4) is 0 Å². The maximum atomic E-state index is 10.8. The van der Waals surface area contributed by atoms with Crippen LogP contribution in [-0.2, 0) is 4.79 Å². The minimum atomic E-state index is -0.967. The number of carbonyl (C=O) groups is 1. The van der Waals surface area contributed by atoms with Crippen LogP contribution in [0.15, 0.2) is 18.2 Å². The van der Waals surface area contributed by atoms with Gasteiger partial charge in [-0.05, 0) is 30.8 Å². The molecule has 0 amide bonds. The Morgan fingerprint density at radius 2 is 1.86 bits per heavy atom. The van der Waals surface area contributed by atoms with Gasteiger partial charge in [-0.2, -0.15) is 0 Å². The molecule has 2 N–H and O–H groups in total. The molecule has 0 aliphatic carbocycles. The smallest absolute Gasteiger partial charge is 0.325 e. The molecule has 0 heterocycles. The minimum absolute atomic E-state index is 0.425. The van der Waals surface area contributed by atoms with Gasteiger partial charge in [-0.25, -0.2) is 0 Å². The Kier molecular flexibility index (Phi) is 3.75. The molecule has 1 aromatic rings. The van der Waals surface area contributed by atoms with Crippen molar-refractivity contribution in [3.05, 3.63) is 33.8 Å². The first-order chi connectivity index (χ1) is 6.54. The number of hydrogen-bond acceptors (Lipinski definition) is 2. The molecule has 3 nitrogen and oxygen atoms in total. The van der Waals surface area contributed by atoms with E-state index in [2.05, 4.69) is 5.32 Å². The summed E-state index contributed by atoms with van der Waals surface area (Å²) in [5.41, 5.74) is 0.539. The summed E-state index contributed by atoms with van der Waals surface area (Å²) in [6.07, 6.45) is 0. The van der Waals surface area contributed by atoms with E-state index >= 15 is 0 Å². The summed E-state index contributed by atoms with van der Waals surface area (Å²) in [6, 6.07) is 3.92. The molecule has 0 fully saturated rings. The van der Waals surface area contributed by atoms with Crippen LogP contribution in [0.1, 0.15) is 11.6 Å². The summed E-state index contributed by atoms with van der Waals surface area (Å²) in [5, 5.41) is 12.4. The van der Waals surface area contributed by atoms with E-state index in [1.54, 1.807) is 25.2 Å². The molecule has 0 bridgehead atoms. The summed E-state index contributed by atoms with van der Waals surface area (Å²) < 4.78 is 0. The Balaban J connectivity index is 3.10. The first-order valence-corrected chi connectivity index (χ1v) is 4.66. The van der Waals surface area contributed by atoms with E-state index < -0.39 is 12.0 Å². The molecule has 0 spiro atoms. The lowest BCUT2D eigenvalue weighted by Gasteiger charge is -2.11. The molecule has 1 aromatic carbocycles. The molecule has 0 saturated heterocycles. The van der Waals surface area contributed by atoms with Crippen LogP contribution < -0.4 is 5.32 Å². The van der Waals surface area contributed by atoms with Crippen molar-refractivity contribution in [2.45, 2.75) is 6.04 Å². The van der Waals surface area contributed by atoms with E-state index in [-0.39, 0.29) is 0 Å². The number of benzene rings is 1. The number of rotatable bonds is 3. The van der Waals surface area contributed by atoms with Gasteiger partial charge in [-0.15, -0.1) is 0 Å². The number of aliphatic carboxylic acids is 1. The highest BCUT2D eigenvalue weighted by molar-refractivity contribution is 6.34. The molecule has 0 unspecified atom stereocenters. The zero-order valence-electron chi connectivity index (χ0n) is 7.42. The third-order valence-corrected chi connectivity index (χ3v) is 2.19. The Labute approximate surface area is 91.6 Å². The molecule has 14 heavy (non-hydrogen) atoms. The number of nitrogens with one attached hydrogen (secondary N) is 1. The Hall–Kier alpha value is -0.770. The van der Waals surface area contributed by atoms with E-state index in [0.717, 1.165) is 0 Å². The summed E-state index contributed by atoms with van der Waals surface area (Å²) in [7, 11) is 1.56. The van der Waals surface area contributed by atoms with Crippen LogP contribution in [0.4, 0.5) is 0 Å². The van der Waals surface area contributed by atoms with E-state index in [0.29, 0.717) is 15.6 Å². The van der Waals surface area contributed by atoms with Crippen molar-refractivity contribution in [1.82, 2.24) is 5.32 Å². The topological polar surface area (TPSA) is 49.3 Å². The predicted octanol–water partition coefficient (Wildman–Crippen LogP) is 2.34. The van der Waals surface area contributed by atoms with Crippen LogP contribution in [0.25, 0.3) is 0 Å². The first-order valence-electron chi connectivity index (χ1n) is 3.90. The van der Waals surface area contributed by atoms with E-state index in [1.807, 2.05) is 0 Å².